The smallest absolute Gasteiger partial charge is 0.410 e. The number of hydrogen-bond acceptors (Lipinski definition) is 10. The Balaban J connectivity index is 1.26. The first-order valence-corrected chi connectivity index (χ1v) is 13.9. The highest BCUT2D eigenvalue weighted by molar-refractivity contribution is 5.93. The molecule has 5 heterocycles. The standard InChI is InChI=1S/C29H34N8O3/c1-34-11-3-5-22(34)20-40-28-32-25-19-37(26-6-2-4-21-7-10-31-18-24(21)26)12-8-23(25)27(33-28)35-13-15-36(16-14-35)29(38)39-17-9-30/h2,4,6-7,10,18,22H,3,5,8,11-17,19-20H2,1H3/t22-/m0/s1. The van der Waals surface area contributed by atoms with Crippen molar-refractivity contribution < 1.29 is 14.3 Å². The molecule has 11 heteroatoms. The van der Waals surface area contributed by atoms with Crippen LogP contribution < -0.4 is 14.5 Å². The van der Waals surface area contributed by atoms with Crippen molar-refractivity contribution >= 4 is 28.4 Å². The van der Waals surface area contributed by atoms with Crippen molar-refractivity contribution in [3.63, 3.8) is 0 Å². The van der Waals surface area contributed by atoms with Gasteiger partial charge in [0, 0.05) is 67.8 Å². The van der Waals surface area contributed by atoms with Gasteiger partial charge >= 0.3 is 12.1 Å². The maximum absolute atomic E-state index is 12.3. The molecule has 3 aromatic rings. The van der Waals surface area contributed by atoms with Crippen LogP contribution in [0.4, 0.5) is 16.3 Å². The summed E-state index contributed by atoms with van der Waals surface area (Å²) in [6.45, 7) is 5.14. The second kappa shape index (κ2) is 11.5. The normalized spacial score (nSPS) is 19.4. The highest BCUT2D eigenvalue weighted by Gasteiger charge is 2.30. The molecule has 2 saturated heterocycles. The number of ether oxygens (including phenoxy) is 2. The fourth-order valence-corrected chi connectivity index (χ4v) is 5.94. The van der Waals surface area contributed by atoms with Gasteiger partial charge in [0.15, 0.2) is 6.61 Å². The van der Waals surface area contributed by atoms with Gasteiger partial charge in [-0.05, 0) is 50.4 Å². The van der Waals surface area contributed by atoms with Gasteiger partial charge in [-0.25, -0.2) is 4.79 Å². The summed E-state index contributed by atoms with van der Waals surface area (Å²) in [5.41, 5.74) is 3.26. The summed E-state index contributed by atoms with van der Waals surface area (Å²) in [6.07, 6.45) is 6.40. The molecule has 2 fully saturated rings. The monoisotopic (exact) mass is 542 g/mol. The van der Waals surface area contributed by atoms with Crippen molar-refractivity contribution in [2.45, 2.75) is 31.8 Å². The number of carbonyl (C=O) groups excluding carboxylic acids is 1. The largest absolute Gasteiger partial charge is 0.462 e. The lowest BCUT2D eigenvalue weighted by molar-refractivity contribution is 0.111. The SMILES string of the molecule is CN1CCC[C@H]1COc1nc2c(c(N3CCN(C(=O)OCC#N)CC3)n1)CCN(c1cccc3ccncc13)C2. The summed E-state index contributed by atoms with van der Waals surface area (Å²) in [6, 6.07) is 11.0. The molecule has 1 atom stereocenters. The lowest BCUT2D eigenvalue weighted by Gasteiger charge is -2.37. The van der Waals surface area contributed by atoms with Crippen molar-refractivity contribution in [3.8, 4) is 12.1 Å². The number of benzene rings is 1. The van der Waals surface area contributed by atoms with Crippen molar-refractivity contribution in [3.05, 3.63) is 47.9 Å². The second-order valence-electron chi connectivity index (χ2n) is 10.6. The predicted molar refractivity (Wildman–Crippen MR) is 150 cm³/mol. The van der Waals surface area contributed by atoms with E-state index in [0.29, 0.717) is 51.4 Å². The van der Waals surface area contributed by atoms with E-state index in [1.165, 1.54) is 6.42 Å². The number of pyridine rings is 1. The molecule has 3 aliphatic rings. The zero-order valence-corrected chi connectivity index (χ0v) is 22.8. The fourth-order valence-electron chi connectivity index (χ4n) is 5.94. The summed E-state index contributed by atoms with van der Waals surface area (Å²) >= 11 is 0. The molecule has 0 saturated carbocycles. The van der Waals surface area contributed by atoms with E-state index in [1.807, 2.05) is 24.5 Å². The van der Waals surface area contributed by atoms with Crippen LogP contribution in [0.1, 0.15) is 24.1 Å². The number of likely N-dealkylation sites (tertiary alicyclic amines) is 1. The number of rotatable bonds is 6. The van der Waals surface area contributed by atoms with Crippen LogP contribution in [0.5, 0.6) is 6.01 Å². The Morgan fingerprint density at radius 1 is 1.10 bits per heavy atom. The Bertz CT molecular complexity index is 1410. The van der Waals surface area contributed by atoms with Gasteiger partial charge in [0.1, 0.15) is 18.5 Å². The number of hydrogen-bond donors (Lipinski definition) is 0. The third kappa shape index (κ3) is 5.31. The van der Waals surface area contributed by atoms with E-state index in [4.69, 9.17) is 24.7 Å². The quantitative estimate of drug-likeness (QED) is 0.461. The zero-order valence-electron chi connectivity index (χ0n) is 22.8. The molecule has 0 aliphatic carbocycles. The minimum absolute atomic E-state index is 0.237. The molecule has 0 spiro atoms. The van der Waals surface area contributed by atoms with Gasteiger partial charge < -0.3 is 29.1 Å². The zero-order chi connectivity index (χ0) is 27.5. The van der Waals surface area contributed by atoms with Crippen LogP contribution in [0.15, 0.2) is 36.7 Å². The topological polar surface area (TPSA) is 111 Å². The number of fused-ring (bicyclic) bond motifs is 2. The van der Waals surface area contributed by atoms with E-state index in [-0.39, 0.29) is 6.61 Å². The summed E-state index contributed by atoms with van der Waals surface area (Å²) in [4.78, 5) is 35.1. The van der Waals surface area contributed by atoms with E-state index in [0.717, 1.165) is 59.5 Å². The van der Waals surface area contributed by atoms with Gasteiger partial charge in [0.05, 0.1) is 12.2 Å². The summed E-state index contributed by atoms with van der Waals surface area (Å²) < 4.78 is 11.2. The minimum Gasteiger partial charge on any atom is -0.462 e. The molecular weight excluding hydrogens is 508 g/mol. The highest BCUT2D eigenvalue weighted by Crippen LogP contribution is 2.34. The van der Waals surface area contributed by atoms with Gasteiger partial charge in [0.2, 0.25) is 0 Å². The Kier molecular flexibility index (Phi) is 7.51. The molecule has 40 heavy (non-hydrogen) atoms. The van der Waals surface area contributed by atoms with Gasteiger partial charge in [-0.15, -0.1) is 0 Å². The molecule has 1 aromatic carbocycles. The molecule has 2 aromatic heterocycles. The number of anilines is 2. The number of carbonyl (C=O) groups is 1. The van der Waals surface area contributed by atoms with Crippen LogP contribution in [0.25, 0.3) is 10.8 Å². The Morgan fingerprint density at radius 3 is 2.77 bits per heavy atom. The van der Waals surface area contributed by atoms with Crippen LogP contribution in [0.2, 0.25) is 0 Å². The first kappa shape index (κ1) is 26.1. The summed E-state index contributed by atoms with van der Waals surface area (Å²) in [7, 11) is 2.14. The third-order valence-electron chi connectivity index (χ3n) is 8.20. The van der Waals surface area contributed by atoms with Gasteiger partial charge in [0.25, 0.3) is 0 Å². The predicted octanol–water partition coefficient (Wildman–Crippen LogP) is 2.84. The van der Waals surface area contributed by atoms with E-state index < -0.39 is 6.09 Å². The van der Waals surface area contributed by atoms with Crippen LogP contribution in [0.3, 0.4) is 0 Å². The van der Waals surface area contributed by atoms with Gasteiger partial charge in [-0.3, -0.25) is 4.98 Å². The molecule has 208 valence electrons. The Morgan fingerprint density at radius 2 is 1.98 bits per heavy atom. The third-order valence-corrected chi connectivity index (χ3v) is 8.20. The number of nitriles is 1. The molecule has 0 bridgehead atoms. The number of piperazine rings is 1. The summed E-state index contributed by atoms with van der Waals surface area (Å²) in [5.74, 6) is 0.893. The number of aromatic nitrogens is 3. The van der Waals surface area contributed by atoms with Gasteiger partial charge in [-0.2, -0.15) is 15.2 Å². The average Bonchev–Trinajstić information content (AvgIpc) is 3.42. The van der Waals surface area contributed by atoms with Crippen LogP contribution in [-0.4, -0.2) is 96.4 Å². The van der Waals surface area contributed by atoms with Crippen molar-refractivity contribution in [1.29, 1.82) is 5.26 Å². The molecular formula is C29H34N8O3. The van der Waals surface area contributed by atoms with Crippen molar-refractivity contribution in [1.82, 2.24) is 24.8 Å². The van der Waals surface area contributed by atoms with Crippen LogP contribution in [0, 0.1) is 11.3 Å². The summed E-state index contributed by atoms with van der Waals surface area (Å²) in [5, 5.41) is 11.0. The van der Waals surface area contributed by atoms with E-state index in [2.05, 4.69) is 44.9 Å². The Hall–Kier alpha value is -4.17. The van der Waals surface area contributed by atoms with Crippen molar-refractivity contribution in [2.75, 3.05) is 69.3 Å². The maximum atomic E-state index is 12.3. The minimum atomic E-state index is -0.448. The molecule has 1 amide bonds. The first-order chi connectivity index (χ1) is 19.6. The molecule has 6 rings (SSSR count). The molecule has 11 nitrogen and oxygen atoms in total. The van der Waals surface area contributed by atoms with Crippen LogP contribution in [-0.2, 0) is 17.7 Å². The first-order valence-electron chi connectivity index (χ1n) is 13.9. The average molecular weight is 543 g/mol. The molecule has 3 aliphatic heterocycles. The Labute approximate surface area is 233 Å². The molecule has 0 radical (unpaired) electrons. The second-order valence-corrected chi connectivity index (χ2v) is 10.6. The molecule has 0 unspecified atom stereocenters. The number of amides is 1. The maximum Gasteiger partial charge on any atom is 0.410 e. The number of likely N-dealkylation sites (N-methyl/N-ethyl adjacent to an activating group) is 1. The van der Waals surface area contributed by atoms with E-state index in [9.17, 15) is 4.79 Å². The fraction of sp³-hybridized carbons (Fsp3) is 0.483. The lowest BCUT2D eigenvalue weighted by atomic mass is 10.0. The van der Waals surface area contributed by atoms with Gasteiger partial charge in [-0.1, -0.05) is 12.1 Å². The van der Waals surface area contributed by atoms with E-state index in [1.54, 1.807) is 4.90 Å². The number of nitrogens with zero attached hydrogens (tertiary/aromatic N) is 8. The highest BCUT2D eigenvalue weighted by atomic mass is 16.6. The lowest BCUT2D eigenvalue weighted by Crippen LogP contribution is -2.49. The van der Waals surface area contributed by atoms with Crippen LogP contribution >= 0.6 is 0 Å². The van der Waals surface area contributed by atoms with Crippen molar-refractivity contribution in [2.24, 2.45) is 0 Å². The molecule has 0 N–H and O–H groups in total. The van der Waals surface area contributed by atoms with E-state index >= 15 is 0 Å².